The van der Waals surface area contributed by atoms with Gasteiger partial charge in [0, 0.05) is 25.7 Å². The van der Waals surface area contributed by atoms with Crippen molar-refractivity contribution < 1.29 is 8.42 Å². The lowest BCUT2D eigenvalue weighted by atomic mass is 10.0. The van der Waals surface area contributed by atoms with E-state index in [1.165, 1.54) is 0 Å². The van der Waals surface area contributed by atoms with Crippen molar-refractivity contribution >= 4 is 71.5 Å². The molecule has 0 fully saturated rings. The lowest BCUT2D eigenvalue weighted by Crippen LogP contribution is -2.09. The Labute approximate surface area is 177 Å². The second-order valence-electron chi connectivity index (χ2n) is 6.70. The third kappa shape index (κ3) is 3.90. The van der Waals surface area contributed by atoms with E-state index in [4.69, 9.17) is 4.98 Å². The number of pyridine rings is 1. The summed E-state index contributed by atoms with van der Waals surface area (Å²) in [5.41, 5.74) is 5.41. The van der Waals surface area contributed by atoms with Crippen LogP contribution in [0.15, 0.2) is 60.7 Å². The topological polar surface area (TPSA) is 71.1 Å². The molecule has 28 heavy (non-hydrogen) atoms. The molecule has 4 aromatic rings. The highest BCUT2D eigenvalue weighted by molar-refractivity contribution is 14.1. The van der Waals surface area contributed by atoms with Crippen LogP contribution in [0.2, 0.25) is 0 Å². The van der Waals surface area contributed by atoms with Gasteiger partial charge in [-0.1, -0.05) is 18.2 Å². The summed E-state index contributed by atoms with van der Waals surface area (Å²) >= 11 is 2.29. The van der Waals surface area contributed by atoms with Crippen LogP contribution in [0, 0.1) is 10.5 Å². The van der Waals surface area contributed by atoms with E-state index >= 15 is 0 Å². The molecule has 0 saturated carbocycles. The van der Waals surface area contributed by atoms with Crippen molar-refractivity contribution in [2.24, 2.45) is 0 Å². The molecule has 0 spiro atoms. The number of benzene rings is 3. The summed E-state index contributed by atoms with van der Waals surface area (Å²) in [6.07, 6.45) is 1.14. The number of nitrogens with zero attached hydrogens (tertiary/aromatic N) is 1. The van der Waals surface area contributed by atoms with E-state index in [0.29, 0.717) is 5.69 Å². The number of hydrogen-bond donors (Lipinski definition) is 2. The van der Waals surface area contributed by atoms with Crippen molar-refractivity contribution in [1.29, 1.82) is 0 Å². The van der Waals surface area contributed by atoms with Gasteiger partial charge in [0.15, 0.2) is 0 Å². The first-order chi connectivity index (χ1) is 13.3. The zero-order valence-electron chi connectivity index (χ0n) is 15.3. The van der Waals surface area contributed by atoms with Gasteiger partial charge in [-0.05, 0) is 77.5 Å². The number of anilines is 3. The molecule has 0 aliphatic carbocycles. The van der Waals surface area contributed by atoms with Crippen molar-refractivity contribution in [3.8, 4) is 0 Å². The minimum atomic E-state index is -3.29. The molecule has 0 bridgehead atoms. The summed E-state index contributed by atoms with van der Waals surface area (Å²) in [5, 5.41) is 5.59. The van der Waals surface area contributed by atoms with Gasteiger partial charge in [0.25, 0.3) is 0 Å². The molecule has 0 amide bonds. The van der Waals surface area contributed by atoms with E-state index in [0.717, 1.165) is 48.6 Å². The summed E-state index contributed by atoms with van der Waals surface area (Å²) in [4.78, 5) is 4.87. The number of rotatable bonds is 4. The van der Waals surface area contributed by atoms with Crippen molar-refractivity contribution in [3.63, 3.8) is 0 Å². The van der Waals surface area contributed by atoms with Crippen LogP contribution in [-0.4, -0.2) is 19.7 Å². The average Bonchev–Trinajstić information content (AvgIpc) is 2.62. The van der Waals surface area contributed by atoms with Crippen LogP contribution >= 0.6 is 22.6 Å². The Morgan fingerprint density at radius 2 is 1.64 bits per heavy atom. The van der Waals surface area contributed by atoms with Gasteiger partial charge in [-0.25, -0.2) is 13.4 Å². The Kier molecular flexibility index (Phi) is 4.88. The Balaban J connectivity index is 1.84. The van der Waals surface area contributed by atoms with Crippen LogP contribution in [0.4, 0.5) is 17.1 Å². The summed E-state index contributed by atoms with van der Waals surface area (Å²) in [7, 11) is -3.29. The molecular formula is C21H18IN3O2S. The SMILES string of the molecule is Cc1cccc2c(Nc3ccc(NS(C)(=O)=O)cc3)c3ccc(I)cc3nc12. The first-order valence-corrected chi connectivity index (χ1v) is 11.6. The fourth-order valence-electron chi connectivity index (χ4n) is 3.20. The molecule has 0 atom stereocenters. The van der Waals surface area contributed by atoms with Crippen LogP contribution < -0.4 is 10.0 Å². The number of aromatic nitrogens is 1. The average molecular weight is 503 g/mol. The molecule has 1 heterocycles. The molecule has 0 aliphatic rings. The second kappa shape index (κ2) is 7.21. The zero-order valence-corrected chi connectivity index (χ0v) is 18.3. The van der Waals surface area contributed by atoms with Gasteiger partial charge >= 0.3 is 0 Å². The van der Waals surface area contributed by atoms with Crippen LogP contribution in [0.1, 0.15) is 5.56 Å². The van der Waals surface area contributed by atoms with Crippen molar-refractivity contribution in [1.82, 2.24) is 4.98 Å². The van der Waals surface area contributed by atoms with E-state index < -0.39 is 10.0 Å². The zero-order chi connectivity index (χ0) is 19.9. The van der Waals surface area contributed by atoms with E-state index in [9.17, 15) is 8.42 Å². The summed E-state index contributed by atoms with van der Waals surface area (Å²) < 4.78 is 26.4. The Hall–Kier alpha value is -2.39. The number of hydrogen-bond acceptors (Lipinski definition) is 4. The maximum Gasteiger partial charge on any atom is 0.229 e. The summed E-state index contributed by atoms with van der Waals surface area (Å²) in [6.45, 7) is 2.06. The van der Waals surface area contributed by atoms with Gasteiger partial charge in [-0.2, -0.15) is 0 Å². The van der Waals surface area contributed by atoms with E-state index in [2.05, 4.69) is 69.9 Å². The Morgan fingerprint density at radius 1 is 0.929 bits per heavy atom. The molecule has 0 saturated heterocycles. The monoisotopic (exact) mass is 503 g/mol. The Morgan fingerprint density at radius 3 is 2.36 bits per heavy atom. The normalized spacial score (nSPS) is 11.7. The number of halogens is 1. The maximum atomic E-state index is 11.4. The van der Waals surface area contributed by atoms with Gasteiger partial charge in [0.1, 0.15) is 0 Å². The highest BCUT2D eigenvalue weighted by Crippen LogP contribution is 2.35. The molecule has 2 N–H and O–H groups in total. The van der Waals surface area contributed by atoms with Gasteiger partial charge in [-0.3, -0.25) is 4.72 Å². The number of sulfonamides is 1. The van der Waals surface area contributed by atoms with Crippen molar-refractivity contribution in [3.05, 3.63) is 69.8 Å². The quantitative estimate of drug-likeness (QED) is 0.289. The summed E-state index contributed by atoms with van der Waals surface area (Å²) in [5.74, 6) is 0. The van der Waals surface area contributed by atoms with Gasteiger partial charge in [-0.15, -0.1) is 0 Å². The predicted octanol–water partition coefficient (Wildman–Crippen LogP) is 5.42. The van der Waals surface area contributed by atoms with Crippen LogP contribution in [-0.2, 0) is 10.0 Å². The van der Waals surface area contributed by atoms with E-state index in [1.54, 1.807) is 12.1 Å². The highest BCUT2D eigenvalue weighted by atomic mass is 127. The molecular weight excluding hydrogens is 485 g/mol. The molecule has 4 rings (SSSR count). The minimum Gasteiger partial charge on any atom is -0.354 e. The molecule has 0 radical (unpaired) electrons. The lowest BCUT2D eigenvalue weighted by molar-refractivity contribution is 0.607. The van der Waals surface area contributed by atoms with Gasteiger partial charge < -0.3 is 5.32 Å². The summed E-state index contributed by atoms with van der Waals surface area (Å²) in [6, 6.07) is 19.6. The van der Waals surface area contributed by atoms with Crippen molar-refractivity contribution in [2.75, 3.05) is 16.3 Å². The lowest BCUT2D eigenvalue weighted by Gasteiger charge is -2.15. The standard InChI is InChI=1S/C21H18IN3O2S/c1-13-4-3-5-18-20(13)24-19-12-14(22)6-11-17(19)21(18)23-15-7-9-16(10-8-15)25-28(2,26)27/h3-12,25H,1-2H3,(H,23,24). The van der Waals surface area contributed by atoms with Crippen LogP contribution in [0.5, 0.6) is 0 Å². The molecule has 142 valence electrons. The molecule has 7 heteroatoms. The predicted molar refractivity (Wildman–Crippen MR) is 125 cm³/mol. The molecule has 5 nitrogen and oxygen atoms in total. The van der Waals surface area contributed by atoms with Crippen LogP contribution in [0.25, 0.3) is 21.8 Å². The second-order valence-corrected chi connectivity index (χ2v) is 9.69. The first kappa shape index (κ1) is 18.9. The fraction of sp³-hybridized carbons (Fsp3) is 0.0952. The third-order valence-electron chi connectivity index (χ3n) is 4.43. The third-order valence-corrected chi connectivity index (χ3v) is 5.70. The minimum absolute atomic E-state index is 0.530. The van der Waals surface area contributed by atoms with Crippen LogP contribution in [0.3, 0.4) is 0 Å². The largest absolute Gasteiger partial charge is 0.354 e. The number of para-hydroxylation sites is 1. The number of aryl methyl sites for hydroxylation is 1. The molecule has 3 aromatic carbocycles. The molecule has 1 aromatic heterocycles. The molecule has 0 aliphatic heterocycles. The van der Waals surface area contributed by atoms with Gasteiger partial charge in [0.2, 0.25) is 10.0 Å². The maximum absolute atomic E-state index is 11.4. The number of fused-ring (bicyclic) bond motifs is 2. The molecule has 0 unspecified atom stereocenters. The highest BCUT2D eigenvalue weighted by Gasteiger charge is 2.11. The van der Waals surface area contributed by atoms with E-state index in [1.807, 2.05) is 18.2 Å². The Bertz CT molecular complexity index is 1300. The van der Waals surface area contributed by atoms with Crippen molar-refractivity contribution in [2.45, 2.75) is 6.92 Å². The first-order valence-electron chi connectivity index (χ1n) is 8.64. The fourth-order valence-corrected chi connectivity index (χ4v) is 4.24. The smallest absolute Gasteiger partial charge is 0.229 e. The van der Waals surface area contributed by atoms with E-state index in [-0.39, 0.29) is 0 Å². The number of nitrogens with one attached hydrogen (secondary N) is 2. The van der Waals surface area contributed by atoms with Gasteiger partial charge in [0.05, 0.1) is 23.0 Å².